The lowest BCUT2D eigenvalue weighted by Gasteiger charge is -2.16. The summed E-state index contributed by atoms with van der Waals surface area (Å²) in [4.78, 5) is 30.0. The molecule has 7 heteroatoms. The van der Waals surface area contributed by atoms with Gasteiger partial charge in [-0.3, -0.25) is 4.79 Å². The van der Waals surface area contributed by atoms with Gasteiger partial charge in [-0.25, -0.2) is 9.78 Å². The Hall–Kier alpha value is -4.36. The van der Waals surface area contributed by atoms with E-state index < -0.39 is 5.97 Å². The molecule has 0 fully saturated rings. The van der Waals surface area contributed by atoms with Crippen LogP contribution >= 0.6 is 12.6 Å². The summed E-state index contributed by atoms with van der Waals surface area (Å²) in [5.41, 5.74) is 7.67. The highest BCUT2D eigenvalue weighted by Crippen LogP contribution is 2.28. The lowest BCUT2D eigenvalue weighted by Crippen LogP contribution is -2.26. The molecule has 1 atom stereocenters. The number of carbonyl (C=O) groups excluding carboxylic acids is 1. The molecule has 0 aliphatic heterocycles. The zero-order valence-electron chi connectivity index (χ0n) is 23.9. The number of aromatic nitrogens is 2. The van der Waals surface area contributed by atoms with E-state index in [0.29, 0.717) is 24.3 Å². The highest BCUT2D eigenvalue weighted by Gasteiger charge is 2.20. The van der Waals surface area contributed by atoms with Crippen LogP contribution < -0.4 is 5.32 Å². The lowest BCUT2D eigenvalue weighted by atomic mass is 9.98. The highest BCUT2D eigenvalue weighted by molar-refractivity contribution is 7.80. The average molecular weight is 578 g/mol. The molecule has 42 heavy (non-hydrogen) atoms. The minimum Gasteiger partial charge on any atom is -0.478 e. The highest BCUT2D eigenvalue weighted by atomic mass is 32.1. The number of benzene rings is 4. The molecule has 6 nitrogen and oxygen atoms in total. The summed E-state index contributed by atoms with van der Waals surface area (Å²) in [7, 11) is 0. The Morgan fingerprint density at radius 3 is 2.36 bits per heavy atom. The van der Waals surface area contributed by atoms with Crippen molar-refractivity contribution in [2.24, 2.45) is 5.92 Å². The number of imidazole rings is 1. The first-order chi connectivity index (χ1) is 20.4. The number of rotatable bonds is 11. The Labute approximate surface area is 251 Å². The van der Waals surface area contributed by atoms with Crippen molar-refractivity contribution in [2.45, 2.75) is 39.7 Å². The number of nitrogens with zero attached hydrogens (tertiary/aromatic N) is 2. The van der Waals surface area contributed by atoms with E-state index in [1.165, 1.54) is 0 Å². The van der Waals surface area contributed by atoms with Gasteiger partial charge in [0.05, 0.1) is 22.5 Å². The normalized spacial score (nSPS) is 11.9. The maximum Gasteiger partial charge on any atom is 0.336 e. The van der Waals surface area contributed by atoms with E-state index in [0.717, 1.165) is 57.6 Å². The largest absolute Gasteiger partial charge is 0.478 e. The van der Waals surface area contributed by atoms with Gasteiger partial charge in [-0.05, 0) is 65.8 Å². The molecule has 0 aliphatic rings. The van der Waals surface area contributed by atoms with Crippen molar-refractivity contribution in [3.05, 3.63) is 119 Å². The van der Waals surface area contributed by atoms with Crippen molar-refractivity contribution in [2.75, 3.05) is 11.1 Å². The van der Waals surface area contributed by atoms with Gasteiger partial charge < -0.3 is 15.0 Å². The SMILES string of the molecule is CCCc1nc2c(C)cc(NC(=O)[C@@H](CS)Cc3ccccc3)cc2n1Cc1ccc(-c2ccccc2C(=O)O)cc1. The third-order valence-electron chi connectivity index (χ3n) is 7.54. The monoisotopic (exact) mass is 577 g/mol. The Morgan fingerprint density at radius 2 is 1.67 bits per heavy atom. The zero-order valence-corrected chi connectivity index (χ0v) is 24.8. The molecule has 5 aromatic rings. The number of carboxylic acids is 1. The molecule has 1 amide bonds. The second kappa shape index (κ2) is 13.1. The van der Waals surface area contributed by atoms with Gasteiger partial charge in [-0.15, -0.1) is 0 Å². The van der Waals surface area contributed by atoms with Gasteiger partial charge in [0.25, 0.3) is 0 Å². The quantitative estimate of drug-likeness (QED) is 0.143. The molecule has 0 unspecified atom stereocenters. The molecule has 0 spiro atoms. The second-order valence-electron chi connectivity index (χ2n) is 10.6. The summed E-state index contributed by atoms with van der Waals surface area (Å²) in [6.07, 6.45) is 2.42. The Balaban J connectivity index is 1.43. The van der Waals surface area contributed by atoms with Crippen molar-refractivity contribution >= 4 is 41.2 Å². The molecule has 1 heterocycles. The van der Waals surface area contributed by atoms with Crippen molar-refractivity contribution in [1.29, 1.82) is 0 Å². The fourth-order valence-corrected chi connectivity index (χ4v) is 5.68. The number of amides is 1. The number of hydrogen-bond acceptors (Lipinski definition) is 4. The van der Waals surface area contributed by atoms with E-state index >= 15 is 0 Å². The molecule has 0 radical (unpaired) electrons. The van der Waals surface area contributed by atoms with Crippen LogP contribution in [0.1, 0.15) is 46.2 Å². The number of nitrogens with one attached hydrogen (secondary N) is 1. The smallest absolute Gasteiger partial charge is 0.336 e. The van der Waals surface area contributed by atoms with Crippen LogP contribution in [0.4, 0.5) is 5.69 Å². The number of aryl methyl sites for hydroxylation is 2. The minimum atomic E-state index is -0.942. The summed E-state index contributed by atoms with van der Waals surface area (Å²) in [5, 5.41) is 12.7. The first-order valence-electron chi connectivity index (χ1n) is 14.2. The standard InChI is InChI=1S/C35H35N3O3S/c1-3-9-32-37-33-23(2)18-28(36-34(39)27(22-42)19-24-10-5-4-6-11-24)20-31(33)38(32)21-25-14-16-26(17-15-25)29-12-7-8-13-30(29)35(40)41/h4-8,10-18,20,27,42H,3,9,19,21-22H2,1-2H3,(H,36,39)(H,40,41)/t27-/m1/s1. The third kappa shape index (κ3) is 6.42. The first kappa shape index (κ1) is 29.1. The number of fused-ring (bicyclic) bond motifs is 1. The Kier molecular flexibility index (Phi) is 9.08. The van der Waals surface area contributed by atoms with Gasteiger partial charge in [0.15, 0.2) is 0 Å². The van der Waals surface area contributed by atoms with E-state index in [9.17, 15) is 14.7 Å². The van der Waals surface area contributed by atoms with Crippen LogP contribution in [0.5, 0.6) is 0 Å². The van der Waals surface area contributed by atoms with Crippen molar-refractivity contribution in [3.63, 3.8) is 0 Å². The summed E-state index contributed by atoms with van der Waals surface area (Å²) in [6.45, 7) is 4.78. The van der Waals surface area contributed by atoms with E-state index in [1.54, 1.807) is 12.1 Å². The molecule has 0 aliphatic carbocycles. The van der Waals surface area contributed by atoms with Crippen LogP contribution in [-0.2, 0) is 24.2 Å². The fraction of sp³-hybridized carbons (Fsp3) is 0.229. The number of carboxylic acid groups (broad SMARTS) is 1. The molecule has 0 bridgehead atoms. The van der Waals surface area contributed by atoms with Crippen LogP contribution in [0, 0.1) is 12.8 Å². The molecule has 0 saturated carbocycles. The maximum atomic E-state index is 13.3. The predicted molar refractivity (Wildman–Crippen MR) is 173 cm³/mol. The molecule has 1 aromatic heterocycles. The van der Waals surface area contributed by atoms with Crippen molar-refractivity contribution < 1.29 is 14.7 Å². The topological polar surface area (TPSA) is 84.2 Å². The van der Waals surface area contributed by atoms with Crippen LogP contribution in [0.2, 0.25) is 0 Å². The first-order valence-corrected chi connectivity index (χ1v) is 14.9. The molecule has 4 aromatic carbocycles. The summed E-state index contributed by atoms with van der Waals surface area (Å²) in [6, 6.07) is 29.1. The van der Waals surface area contributed by atoms with E-state index in [-0.39, 0.29) is 17.4 Å². The third-order valence-corrected chi connectivity index (χ3v) is 7.98. The number of carbonyl (C=O) groups is 2. The fourth-order valence-electron chi connectivity index (χ4n) is 5.38. The van der Waals surface area contributed by atoms with Crippen molar-refractivity contribution in [3.8, 4) is 11.1 Å². The van der Waals surface area contributed by atoms with Gasteiger partial charge in [-0.1, -0.05) is 79.7 Å². The molecule has 2 N–H and O–H groups in total. The lowest BCUT2D eigenvalue weighted by molar-refractivity contribution is -0.119. The molecule has 0 saturated heterocycles. The van der Waals surface area contributed by atoms with Crippen LogP contribution in [-0.4, -0.2) is 32.3 Å². The van der Waals surface area contributed by atoms with Crippen LogP contribution in [0.25, 0.3) is 22.2 Å². The number of anilines is 1. The number of aromatic carboxylic acids is 1. The van der Waals surface area contributed by atoms with E-state index in [4.69, 9.17) is 4.98 Å². The van der Waals surface area contributed by atoms with E-state index in [1.807, 2.05) is 85.8 Å². The predicted octanol–water partition coefficient (Wildman–Crippen LogP) is 7.44. The summed E-state index contributed by atoms with van der Waals surface area (Å²) in [5.74, 6) is 0.203. The van der Waals surface area contributed by atoms with Gasteiger partial charge >= 0.3 is 5.97 Å². The van der Waals surface area contributed by atoms with Crippen LogP contribution in [0.3, 0.4) is 0 Å². The molecular formula is C35H35N3O3S. The average Bonchev–Trinajstić information content (AvgIpc) is 3.34. The zero-order chi connectivity index (χ0) is 29.6. The van der Waals surface area contributed by atoms with Crippen LogP contribution in [0.15, 0.2) is 91.0 Å². The number of hydrogen-bond donors (Lipinski definition) is 3. The minimum absolute atomic E-state index is 0.0512. The van der Waals surface area contributed by atoms with Crippen molar-refractivity contribution in [1.82, 2.24) is 9.55 Å². The van der Waals surface area contributed by atoms with Gasteiger partial charge in [0, 0.05) is 24.4 Å². The molecule has 5 rings (SSSR count). The second-order valence-corrected chi connectivity index (χ2v) is 11.0. The number of thiol groups is 1. The maximum absolute atomic E-state index is 13.3. The summed E-state index contributed by atoms with van der Waals surface area (Å²) < 4.78 is 2.22. The Morgan fingerprint density at radius 1 is 0.952 bits per heavy atom. The van der Waals surface area contributed by atoms with Gasteiger partial charge in [0.2, 0.25) is 5.91 Å². The molecule has 214 valence electrons. The summed E-state index contributed by atoms with van der Waals surface area (Å²) >= 11 is 4.47. The Bertz CT molecular complexity index is 1710. The molecular weight excluding hydrogens is 542 g/mol. The van der Waals surface area contributed by atoms with E-state index in [2.05, 4.69) is 29.4 Å². The van der Waals surface area contributed by atoms with Gasteiger partial charge in [0.1, 0.15) is 5.82 Å². The van der Waals surface area contributed by atoms with Gasteiger partial charge in [-0.2, -0.15) is 12.6 Å².